The standard InChI is InChI=1S/C27H26O2/c1-5-19(17-21(28)7-3)27(20(6-2)18-22(29)8-4)25-15-11-9-13-23(25)24-14-10-12-16-26(24)27/h5-18,28-29H,1,4H2,2-3H3/b19-17+,20-6+,21-7+,22-18+. The second-order valence-electron chi connectivity index (χ2n) is 6.88. The molecule has 29 heavy (non-hydrogen) atoms. The maximum atomic E-state index is 10.3. The zero-order valence-electron chi connectivity index (χ0n) is 16.9. The van der Waals surface area contributed by atoms with Gasteiger partial charge in [-0.15, -0.1) is 0 Å². The van der Waals surface area contributed by atoms with Gasteiger partial charge < -0.3 is 10.2 Å². The van der Waals surface area contributed by atoms with E-state index in [1.54, 1.807) is 31.2 Å². The van der Waals surface area contributed by atoms with Crippen molar-refractivity contribution in [1.82, 2.24) is 0 Å². The molecule has 2 heteroatoms. The zero-order chi connectivity index (χ0) is 21.0. The smallest absolute Gasteiger partial charge is 0.115 e. The van der Waals surface area contributed by atoms with Crippen LogP contribution in [0.2, 0.25) is 0 Å². The summed E-state index contributed by atoms with van der Waals surface area (Å²) in [6.07, 6.45) is 10.3. The summed E-state index contributed by atoms with van der Waals surface area (Å²) in [5.74, 6) is 0.242. The fourth-order valence-electron chi connectivity index (χ4n) is 4.21. The van der Waals surface area contributed by atoms with Crippen molar-refractivity contribution in [3.05, 3.63) is 132 Å². The molecule has 3 rings (SSSR count). The lowest BCUT2D eigenvalue weighted by molar-refractivity contribution is 0.429. The average Bonchev–Trinajstić information content (AvgIpc) is 3.06. The molecule has 1 aliphatic carbocycles. The maximum Gasteiger partial charge on any atom is 0.115 e. The van der Waals surface area contributed by atoms with Gasteiger partial charge in [0.2, 0.25) is 0 Å². The molecule has 2 aromatic carbocycles. The lowest BCUT2D eigenvalue weighted by atomic mass is 9.66. The Labute approximate surface area is 172 Å². The van der Waals surface area contributed by atoms with E-state index in [-0.39, 0.29) is 11.5 Å². The van der Waals surface area contributed by atoms with E-state index < -0.39 is 5.41 Å². The number of fused-ring (bicyclic) bond motifs is 3. The summed E-state index contributed by atoms with van der Waals surface area (Å²) in [4.78, 5) is 0. The molecule has 0 radical (unpaired) electrons. The minimum absolute atomic E-state index is 0.0815. The Kier molecular flexibility index (Phi) is 5.74. The Balaban J connectivity index is 2.53. The highest BCUT2D eigenvalue weighted by Crippen LogP contribution is 2.57. The van der Waals surface area contributed by atoms with E-state index in [1.807, 2.05) is 37.3 Å². The van der Waals surface area contributed by atoms with Gasteiger partial charge in [0.25, 0.3) is 0 Å². The van der Waals surface area contributed by atoms with Crippen LogP contribution in [0.5, 0.6) is 0 Å². The van der Waals surface area contributed by atoms with Gasteiger partial charge in [0.15, 0.2) is 0 Å². The molecule has 0 aromatic heterocycles. The third kappa shape index (κ3) is 3.17. The summed E-state index contributed by atoms with van der Waals surface area (Å²) in [7, 11) is 0. The Morgan fingerprint density at radius 3 is 1.72 bits per heavy atom. The summed E-state index contributed by atoms with van der Waals surface area (Å²) in [5.41, 5.74) is 5.39. The number of aliphatic hydroxyl groups excluding tert-OH is 2. The summed E-state index contributed by atoms with van der Waals surface area (Å²) in [5, 5.41) is 20.7. The molecule has 0 bridgehead atoms. The zero-order valence-corrected chi connectivity index (χ0v) is 16.9. The van der Waals surface area contributed by atoms with Crippen LogP contribution < -0.4 is 0 Å². The Bertz CT molecular complexity index is 1030. The van der Waals surface area contributed by atoms with Gasteiger partial charge in [-0.1, -0.05) is 73.8 Å². The van der Waals surface area contributed by atoms with E-state index in [0.717, 1.165) is 33.4 Å². The molecule has 146 valence electrons. The van der Waals surface area contributed by atoms with Gasteiger partial charge in [-0.25, -0.2) is 0 Å². The van der Waals surface area contributed by atoms with Gasteiger partial charge in [-0.3, -0.25) is 0 Å². The quantitative estimate of drug-likeness (QED) is 0.413. The average molecular weight is 383 g/mol. The highest BCUT2D eigenvalue weighted by molar-refractivity contribution is 5.87. The first-order valence-electron chi connectivity index (χ1n) is 9.63. The van der Waals surface area contributed by atoms with Crippen molar-refractivity contribution in [2.24, 2.45) is 0 Å². The number of hydrogen-bond acceptors (Lipinski definition) is 2. The molecule has 0 saturated heterocycles. The number of benzene rings is 2. The van der Waals surface area contributed by atoms with Crippen LogP contribution in [-0.2, 0) is 5.41 Å². The molecule has 2 aromatic rings. The molecule has 2 N–H and O–H groups in total. The molecule has 0 atom stereocenters. The van der Waals surface area contributed by atoms with Crippen LogP contribution in [0.15, 0.2) is 121 Å². The van der Waals surface area contributed by atoms with Crippen LogP contribution in [0.1, 0.15) is 25.0 Å². The summed E-state index contributed by atoms with van der Waals surface area (Å²) in [6, 6.07) is 16.5. The van der Waals surface area contributed by atoms with E-state index in [1.165, 1.54) is 6.08 Å². The minimum Gasteiger partial charge on any atom is -0.508 e. The number of allylic oxidation sites excluding steroid dienone is 8. The summed E-state index contributed by atoms with van der Waals surface area (Å²) < 4.78 is 0. The van der Waals surface area contributed by atoms with Crippen molar-refractivity contribution in [3.8, 4) is 11.1 Å². The second kappa shape index (κ2) is 8.24. The fourth-order valence-corrected chi connectivity index (χ4v) is 4.21. The van der Waals surface area contributed by atoms with Gasteiger partial charge >= 0.3 is 0 Å². The van der Waals surface area contributed by atoms with E-state index in [4.69, 9.17) is 0 Å². The molecule has 0 fully saturated rings. The second-order valence-corrected chi connectivity index (χ2v) is 6.88. The Morgan fingerprint density at radius 2 is 1.28 bits per heavy atom. The van der Waals surface area contributed by atoms with Crippen molar-refractivity contribution in [2.75, 3.05) is 0 Å². The van der Waals surface area contributed by atoms with Gasteiger partial charge in [0, 0.05) is 0 Å². The Morgan fingerprint density at radius 1 is 0.724 bits per heavy atom. The first-order chi connectivity index (χ1) is 14.0. The van der Waals surface area contributed by atoms with Gasteiger partial charge in [0.1, 0.15) is 11.5 Å². The predicted molar refractivity (Wildman–Crippen MR) is 122 cm³/mol. The van der Waals surface area contributed by atoms with Crippen molar-refractivity contribution >= 4 is 0 Å². The molecule has 1 aliphatic rings. The number of hydrogen-bond donors (Lipinski definition) is 2. The van der Waals surface area contributed by atoms with Crippen LogP contribution in [0.3, 0.4) is 0 Å². The van der Waals surface area contributed by atoms with E-state index in [2.05, 4.69) is 37.4 Å². The van der Waals surface area contributed by atoms with Crippen LogP contribution in [-0.4, -0.2) is 10.2 Å². The number of aliphatic hydroxyl groups is 2. The SMILES string of the molecule is C=C/C(O)=C\C(=C/C)C1(/C(C=C)=C/C(O)=C\C)c2ccccc2-c2ccccc21. The van der Waals surface area contributed by atoms with E-state index in [9.17, 15) is 10.2 Å². The molecule has 2 nitrogen and oxygen atoms in total. The highest BCUT2D eigenvalue weighted by Gasteiger charge is 2.47. The predicted octanol–water partition coefficient (Wildman–Crippen LogP) is 7.10. The monoisotopic (exact) mass is 382 g/mol. The lowest BCUT2D eigenvalue weighted by Crippen LogP contribution is -2.29. The molecular formula is C27H26O2. The van der Waals surface area contributed by atoms with Crippen molar-refractivity contribution in [2.45, 2.75) is 19.3 Å². The van der Waals surface area contributed by atoms with Crippen molar-refractivity contribution in [3.63, 3.8) is 0 Å². The molecule has 0 aliphatic heterocycles. The highest BCUT2D eigenvalue weighted by atomic mass is 16.3. The van der Waals surface area contributed by atoms with Crippen molar-refractivity contribution in [1.29, 1.82) is 0 Å². The number of rotatable bonds is 6. The summed E-state index contributed by atoms with van der Waals surface area (Å²) >= 11 is 0. The van der Waals surface area contributed by atoms with E-state index in [0.29, 0.717) is 0 Å². The topological polar surface area (TPSA) is 40.5 Å². The van der Waals surface area contributed by atoms with E-state index >= 15 is 0 Å². The van der Waals surface area contributed by atoms with Crippen LogP contribution >= 0.6 is 0 Å². The molecule has 0 unspecified atom stereocenters. The van der Waals surface area contributed by atoms with Crippen LogP contribution in [0.4, 0.5) is 0 Å². The molecule has 0 saturated carbocycles. The Hall–Kier alpha value is -3.52. The maximum absolute atomic E-state index is 10.3. The third-order valence-electron chi connectivity index (χ3n) is 5.46. The fraction of sp³-hybridized carbons (Fsp3) is 0.111. The van der Waals surface area contributed by atoms with Gasteiger partial charge in [0.05, 0.1) is 5.41 Å². The van der Waals surface area contributed by atoms with Crippen LogP contribution in [0, 0.1) is 0 Å². The first-order valence-corrected chi connectivity index (χ1v) is 9.63. The molecule has 0 spiro atoms. The summed E-state index contributed by atoms with van der Waals surface area (Å²) in [6.45, 7) is 11.5. The van der Waals surface area contributed by atoms with Gasteiger partial charge in [-0.05, 0) is 71.6 Å². The third-order valence-corrected chi connectivity index (χ3v) is 5.46. The molecule has 0 heterocycles. The molecular weight excluding hydrogens is 356 g/mol. The largest absolute Gasteiger partial charge is 0.508 e. The van der Waals surface area contributed by atoms with Gasteiger partial charge in [-0.2, -0.15) is 0 Å². The lowest BCUT2D eigenvalue weighted by Gasteiger charge is -2.35. The van der Waals surface area contributed by atoms with Crippen molar-refractivity contribution < 1.29 is 10.2 Å². The van der Waals surface area contributed by atoms with Crippen LogP contribution in [0.25, 0.3) is 11.1 Å². The normalized spacial score (nSPS) is 16.2. The minimum atomic E-state index is -0.725. The first kappa shape index (κ1) is 20.2. The molecule has 0 amide bonds.